The van der Waals surface area contributed by atoms with E-state index in [2.05, 4.69) is 19.8 Å². The van der Waals surface area contributed by atoms with Crippen molar-refractivity contribution in [2.75, 3.05) is 7.11 Å². The summed E-state index contributed by atoms with van der Waals surface area (Å²) in [5.41, 5.74) is 2.19. The SMILES string of the molecule is COc1nc2sccn2c1CNCc1ccnn1C. The Labute approximate surface area is 114 Å². The molecule has 0 radical (unpaired) electrons. The summed E-state index contributed by atoms with van der Waals surface area (Å²) in [6.45, 7) is 1.46. The number of nitrogens with one attached hydrogen (secondary N) is 1. The van der Waals surface area contributed by atoms with Gasteiger partial charge in [-0.15, -0.1) is 11.3 Å². The summed E-state index contributed by atoms with van der Waals surface area (Å²) in [4.78, 5) is 5.38. The van der Waals surface area contributed by atoms with Gasteiger partial charge in [-0.2, -0.15) is 10.1 Å². The van der Waals surface area contributed by atoms with Crippen LogP contribution >= 0.6 is 11.3 Å². The lowest BCUT2D eigenvalue weighted by molar-refractivity contribution is 0.392. The second-order valence-electron chi connectivity index (χ2n) is 4.17. The summed E-state index contributed by atoms with van der Waals surface area (Å²) in [7, 11) is 3.59. The average molecular weight is 277 g/mol. The van der Waals surface area contributed by atoms with Gasteiger partial charge in [-0.3, -0.25) is 9.08 Å². The number of hydrogen-bond donors (Lipinski definition) is 1. The lowest BCUT2D eigenvalue weighted by Crippen LogP contribution is -2.16. The van der Waals surface area contributed by atoms with Gasteiger partial charge < -0.3 is 10.1 Å². The molecule has 0 amide bonds. The van der Waals surface area contributed by atoms with E-state index in [0.717, 1.165) is 22.9 Å². The van der Waals surface area contributed by atoms with E-state index in [4.69, 9.17) is 4.74 Å². The summed E-state index contributed by atoms with van der Waals surface area (Å²) in [6, 6.07) is 2.00. The van der Waals surface area contributed by atoms with Crippen LogP contribution < -0.4 is 10.1 Å². The molecular formula is C12H15N5OS. The van der Waals surface area contributed by atoms with E-state index in [0.29, 0.717) is 12.4 Å². The topological polar surface area (TPSA) is 56.4 Å². The van der Waals surface area contributed by atoms with E-state index < -0.39 is 0 Å². The Morgan fingerprint density at radius 2 is 2.32 bits per heavy atom. The Balaban J connectivity index is 1.74. The fraction of sp³-hybridized carbons (Fsp3) is 0.333. The fourth-order valence-corrected chi connectivity index (χ4v) is 2.75. The zero-order valence-electron chi connectivity index (χ0n) is 10.8. The van der Waals surface area contributed by atoms with Crippen molar-refractivity contribution in [2.45, 2.75) is 13.1 Å². The first kappa shape index (κ1) is 12.2. The summed E-state index contributed by atoms with van der Waals surface area (Å²) < 4.78 is 9.23. The molecule has 3 heterocycles. The molecule has 1 N–H and O–H groups in total. The zero-order valence-corrected chi connectivity index (χ0v) is 11.6. The minimum absolute atomic E-state index is 0.685. The minimum Gasteiger partial charge on any atom is -0.480 e. The number of ether oxygens (including phenoxy) is 1. The molecule has 19 heavy (non-hydrogen) atoms. The van der Waals surface area contributed by atoms with Gasteiger partial charge in [0.25, 0.3) is 0 Å². The van der Waals surface area contributed by atoms with E-state index >= 15 is 0 Å². The van der Waals surface area contributed by atoms with E-state index in [1.807, 2.05) is 29.4 Å². The van der Waals surface area contributed by atoms with Crippen molar-refractivity contribution in [3.05, 3.63) is 35.2 Å². The molecule has 0 saturated heterocycles. The molecule has 3 aromatic heterocycles. The standard InChI is InChI=1S/C12H15N5OS/c1-16-9(3-4-14-16)7-13-8-10-11(18-2)15-12-17(10)5-6-19-12/h3-6,13H,7-8H2,1-2H3. The number of methoxy groups -OCH3 is 1. The summed E-state index contributed by atoms with van der Waals surface area (Å²) in [5.74, 6) is 0.685. The van der Waals surface area contributed by atoms with E-state index in [1.54, 1.807) is 24.6 Å². The third-order valence-electron chi connectivity index (χ3n) is 3.04. The number of hydrogen-bond acceptors (Lipinski definition) is 5. The van der Waals surface area contributed by atoms with Gasteiger partial charge in [0.15, 0.2) is 4.96 Å². The molecule has 7 heteroatoms. The van der Waals surface area contributed by atoms with Crippen LogP contribution in [-0.2, 0) is 20.1 Å². The predicted octanol–water partition coefficient (Wildman–Crippen LogP) is 1.43. The van der Waals surface area contributed by atoms with Crippen LogP contribution in [-0.4, -0.2) is 26.3 Å². The van der Waals surface area contributed by atoms with Gasteiger partial charge in [0.05, 0.1) is 12.8 Å². The van der Waals surface area contributed by atoms with Crippen LogP contribution in [0.25, 0.3) is 4.96 Å². The summed E-state index contributed by atoms with van der Waals surface area (Å²) in [5, 5.41) is 9.55. The normalized spacial score (nSPS) is 11.3. The van der Waals surface area contributed by atoms with E-state index in [-0.39, 0.29) is 0 Å². The third kappa shape index (κ3) is 2.22. The van der Waals surface area contributed by atoms with Crippen molar-refractivity contribution in [3.8, 4) is 5.88 Å². The number of aryl methyl sites for hydroxylation is 1. The first-order chi connectivity index (χ1) is 9.29. The van der Waals surface area contributed by atoms with Crippen LogP contribution in [0.5, 0.6) is 5.88 Å². The largest absolute Gasteiger partial charge is 0.480 e. The molecule has 0 bridgehead atoms. The zero-order chi connectivity index (χ0) is 13.2. The molecule has 0 aromatic carbocycles. The predicted molar refractivity (Wildman–Crippen MR) is 73.4 cm³/mol. The van der Waals surface area contributed by atoms with Gasteiger partial charge in [0.2, 0.25) is 5.88 Å². The van der Waals surface area contributed by atoms with Crippen molar-refractivity contribution in [1.29, 1.82) is 0 Å². The molecule has 6 nitrogen and oxygen atoms in total. The Morgan fingerprint density at radius 3 is 3.05 bits per heavy atom. The molecule has 0 atom stereocenters. The smallest absolute Gasteiger partial charge is 0.237 e. The van der Waals surface area contributed by atoms with Gasteiger partial charge in [-0.25, -0.2) is 0 Å². The van der Waals surface area contributed by atoms with E-state index in [1.165, 1.54) is 0 Å². The van der Waals surface area contributed by atoms with Crippen molar-refractivity contribution < 1.29 is 4.74 Å². The molecule has 3 aromatic rings. The van der Waals surface area contributed by atoms with Crippen LogP contribution in [0, 0.1) is 0 Å². The van der Waals surface area contributed by atoms with Crippen molar-refractivity contribution in [2.24, 2.45) is 7.05 Å². The van der Waals surface area contributed by atoms with Crippen LogP contribution in [0.1, 0.15) is 11.4 Å². The highest BCUT2D eigenvalue weighted by molar-refractivity contribution is 7.15. The Morgan fingerprint density at radius 1 is 1.42 bits per heavy atom. The Kier molecular flexibility index (Phi) is 3.22. The molecule has 0 aliphatic carbocycles. The van der Waals surface area contributed by atoms with Crippen molar-refractivity contribution in [1.82, 2.24) is 24.5 Å². The third-order valence-corrected chi connectivity index (χ3v) is 3.80. The molecule has 0 unspecified atom stereocenters. The second-order valence-corrected chi connectivity index (χ2v) is 5.05. The van der Waals surface area contributed by atoms with Gasteiger partial charge in [-0.05, 0) is 6.07 Å². The van der Waals surface area contributed by atoms with Crippen LogP contribution in [0.15, 0.2) is 23.8 Å². The lowest BCUT2D eigenvalue weighted by atomic mass is 10.4. The molecule has 100 valence electrons. The van der Waals surface area contributed by atoms with Gasteiger partial charge >= 0.3 is 0 Å². The van der Waals surface area contributed by atoms with Gasteiger partial charge in [-0.1, -0.05) is 0 Å². The average Bonchev–Trinajstić information content (AvgIpc) is 3.07. The maximum atomic E-state index is 5.32. The highest BCUT2D eigenvalue weighted by atomic mass is 32.1. The molecule has 0 fully saturated rings. The molecule has 3 rings (SSSR count). The second kappa shape index (κ2) is 5.02. The molecule has 0 aliphatic heterocycles. The maximum Gasteiger partial charge on any atom is 0.237 e. The Bertz CT molecular complexity index is 683. The summed E-state index contributed by atoms with van der Waals surface area (Å²) in [6.07, 6.45) is 3.81. The van der Waals surface area contributed by atoms with Gasteiger partial charge in [0.1, 0.15) is 5.69 Å². The number of rotatable bonds is 5. The van der Waals surface area contributed by atoms with E-state index in [9.17, 15) is 0 Å². The molecule has 0 spiro atoms. The number of imidazole rings is 1. The first-order valence-corrected chi connectivity index (χ1v) is 6.83. The minimum atomic E-state index is 0.685. The monoisotopic (exact) mass is 277 g/mol. The van der Waals surface area contributed by atoms with Crippen molar-refractivity contribution >= 4 is 16.3 Å². The molecule has 0 saturated carbocycles. The van der Waals surface area contributed by atoms with Crippen LogP contribution in [0.2, 0.25) is 0 Å². The Hall–Kier alpha value is -1.86. The highest BCUT2D eigenvalue weighted by Crippen LogP contribution is 2.22. The summed E-state index contributed by atoms with van der Waals surface area (Å²) >= 11 is 1.60. The first-order valence-electron chi connectivity index (χ1n) is 5.95. The number of fused-ring (bicyclic) bond motifs is 1. The molecular weight excluding hydrogens is 262 g/mol. The number of nitrogens with zero attached hydrogens (tertiary/aromatic N) is 4. The molecule has 0 aliphatic rings. The lowest BCUT2D eigenvalue weighted by Gasteiger charge is -2.06. The number of thiazole rings is 1. The van der Waals surface area contributed by atoms with Crippen molar-refractivity contribution in [3.63, 3.8) is 0 Å². The van der Waals surface area contributed by atoms with Crippen LogP contribution in [0.4, 0.5) is 0 Å². The maximum absolute atomic E-state index is 5.32. The number of aromatic nitrogens is 4. The fourth-order valence-electron chi connectivity index (χ4n) is 2.02. The van der Waals surface area contributed by atoms with Crippen LogP contribution in [0.3, 0.4) is 0 Å². The quantitative estimate of drug-likeness (QED) is 0.766. The highest BCUT2D eigenvalue weighted by Gasteiger charge is 2.13. The van der Waals surface area contributed by atoms with Gasteiger partial charge in [0, 0.05) is 37.9 Å².